The highest BCUT2D eigenvalue weighted by molar-refractivity contribution is 7.92. The molecule has 0 aliphatic heterocycles. The van der Waals surface area contributed by atoms with Crippen LogP contribution in [0.15, 0.2) is 54.6 Å². The first-order valence-electron chi connectivity index (χ1n) is 7.77. The van der Waals surface area contributed by atoms with Gasteiger partial charge in [0.15, 0.2) is 0 Å². The van der Waals surface area contributed by atoms with E-state index in [-0.39, 0.29) is 0 Å². The van der Waals surface area contributed by atoms with Crippen molar-refractivity contribution >= 4 is 33.3 Å². The van der Waals surface area contributed by atoms with Gasteiger partial charge in [0.25, 0.3) is 0 Å². The lowest BCUT2D eigenvalue weighted by atomic mass is 10.2. The monoisotopic (exact) mass is 376 g/mol. The molecule has 2 aromatic rings. The first-order chi connectivity index (χ1) is 12.2. The van der Waals surface area contributed by atoms with Gasteiger partial charge in [-0.05, 0) is 43.3 Å². The second-order valence-electron chi connectivity index (χ2n) is 5.63. The number of esters is 1. The summed E-state index contributed by atoms with van der Waals surface area (Å²) in [5.41, 5.74) is 1.19. The topological polar surface area (TPSA) is 92.8 Å². The van der Waals surface area contributed by atoms with Gasteiger partial charge in [-0.3, -0.25) is 9.10 Å². The zero-order valence-corrected chi connectivity index (χ0v) is 15.5. The van der Waals surface area contributed by atoms with Crippen LogP contribution in [-0.4, -0.2) is 39.7 Å². The van der Waals surface area contributed by atoms with Gasteiger partial charge >= 0.3 is 5.97 Å². The molecule has 0 saturated heterocycles. The second-order valence-corrected chi connectivity index (χ2v) is 7.49. The predicted octanol–water partition coefficient (Wildman–Crippen LogP) is 2.27. The molecule has 0 heterocycles. The molecule has 0 bridgehead atoms. The van der Waals surface area contributed by atoms with Crippen LogP contribution in [0.2, 0.25) is 0 Å². The lowest BCUT2D eigenvalue weighted by molar-refractivity contribution is -0.116. The third-order valence-electron chi connectivity index (χ3n) is 3.67. The molecule has 7 nitrogen and oxygen atoms in total. The van der Waals surface area contributed by atoms with Crippen LogP contribution in [0.4, 0.5) is 11.4 Å². The van der Waals surface area contributed by atoms with Crippen molar-refractivity contribution in [3.8, 4) is 0 Å². The molecule has 0 spiro atoms. The van der Waals surface area contributed by atoms with Crippen LogP contribution in [0.5, 0.6) is 0 Å². The summed E-state index contributed by atoms with van der Waals surface area (Å²) < 4.78 is 30.0. The minimum Gasteiger partial charge on any atom is -0.465 e. The van der Waals surface area contributed by atoms with Crippen LogP contribution in [0.1, 0.15) is 17.3 Å². The number of amides is 1. The quantitative estimate of drug-likeness (QED) is 0.781. The number of hydrogen-bond donors (Lipinski definition) is 1. The van der Waals surface area contributed by atoms with Crippen molar-refractivity contribution in [2.24, 2.45) is 0 Å². The Labute approximate surface area is 152 Å². The lowest BCUT2D eigenvalue weighted by Gasteiger charge is -2.28. The number of anilines is 2. The number of hydrogen-bond acceptors (Lipinski definition) is 5. The number of benzene rings is 2. The van der Waals surface area contributed by atoms with Gasteiger partial charge in [0.05, 0.1) is 24.6 Å². The van der Waals surface area contributed by atoms with Gasteiger partial charge in [0, 0.05) is 5.69 Å². The number of ether oxygens (including phenoxy) is 1. The van der Waals surface area contributed by atoms with Crippen molar-refractivity contribution in [3.63, 3.8) is 0 Å². The molecule has 0 aliphatic rings. The van der Waals surface area contributed by atoms with Crippen LogP contribution in [0.25, 0.3) is 0 Å². The minimum atomic E-state index is -3.66. The van der Waals surface area contributed by atoms with Gasteiger partial charge in [-0.15, -0.1) is 0 Å². The Hall–Kier alpha value is -2.87. The van der Waals surface area contributed by atoms with E-state index in [0.29, 0.717) is 16.9 Å². The van der Waals surface area contributed by atoms with Crippen LogP contribution in [0.3, 0.4) is 0 Å². The van der Waals surface area contributed by atoms with Crippen molar-refractivity contribution in [1.82, 2.24) is 0 Å². The molecule has 138 valence electrons. The molecule has 26 heavy (non-hydrogen) atoms. The summed E-state index contributed by atoms with van der Waals surface area (Å²) in [6.45, 7) is 1.51. The van der Waals surface area contributed by atoms with Gasteiger partial charge in [0.2, 0.25) is 15.9 Å². The van der Waals surface area contributed by atoms with E-state index in [9.17, 15) is 18.0 Å². The zero-order valence-electron chi connectivity index (χ0n) is 14.7. The molecule has 8 heteroatoms. The number of rotatable bonds is 6. The van der Waals surface area contributed by atoms with Crippen LogP contribution in [-0.2, 0) is 19.6 Å². The van der Waals surface area contributed by atoms with E-state index in [2.05, 4.69) is 10.1 Å². The highest BCUT2D eigenvalue weighted by Crippen LogP contribution is 2.21. The van der Waals surface area contributed by atoms with E-state index in [1.807, 2.05) is 0 Å². The van der Waals surface area contributed by atoms with E-state index >= 15 is 0 Å². The van der Waals surface area contributed by atoms with E-state index in [4.69, 9.17) is 0 Å². The molecule has 2 rings (SSSR count). The van der Waals surface area contributed by atoms with Crippen molar-refractivity contribution in [1.29, 1.82) is 0 Å². The SMILES string of the molecule is COC(=O)c1ccc(NC(=O)[C@@H](C)N(c2ccccc2)S(C)(=O)=O)cc1. The molecule has 0 fully saturated rings. The lowest BCUT2D eigenvalue weighted by Crippen LogP contribution is -2.45. The summed E-state index contributed by atoms with van der Waals surface area (Å²) in [7, 11) is -2.38. The fourth-order valence-corrected chi connectivity index (χ4v) is 3.61. The summed E-state index contributed by atoms with van der Waals surface area (Å²) in [6, 6.07) is 13.5. The summed E-state index contributed by atoms with van der Waals surface area (Å²) in [5.74, 6) is -0.978. The molecule has 2 aromatic carbocycles. The first-order valence-corrected chi connectivity index (χ1v) is 9.62. The molecular formula is C18H20N2O5S. The molecule has 1 amide bonds. The molecule has 0 saturated carbocycles. The Balaban J connectivity index is 2.20. The molecule has 0 aliphatic carbocycles. The zero-order chi connectivity index (χ0) is 19.3. The van der Waals surface area contributed by atoms with Gasteiger partial charge in [0.1, 0.15) is 6.04 Å². The van der Waals surface area contributed by atoms with Gasteiger partial charge < -0.3 is 10.1 Å². The maximum Gasteiger partial charge on any atom is 0.337 e. The Morgan fingerprint density at radius 3 is 2.12 bits per heavy atom. The fraction of sp³-hybridized carbons (Fsp3) is 0.222. The Morgan fingerprint density at radius 1 is 1.04 bits per heavy atom. The minimum absolute atomic E-state index is 0.348. The van der Waals surface area contributed by atoms with Crippen LogP contribution in [0, 0.1) is 0 Å². The standard InChI is InChI=1S/C18H20N2O5S/c1-13(20(26(3,23)24)16-7-5-4-6-8-16)17(21)19-15-11-9-14(10-12-15)18(22)25-2/h4-13H,1-3H3,(H,19,21)/t13-/m1/s1. The average Bonchev–Trinajstić information content (AvgIpc) is 2.61. The second kappa shape index (κ2) is 8.01. The fourth-order valence-electron chi connectivity index (χ4n) is 2.44. The third-order valence-corrected chi connectivity index (χ3v) is 4.91. The molecular weight excluding hydrogens is 356 g/mol. The van der Waals surface area contributed by atoms with Gasteiger partial charge in [-0.1, -0.05) is 18.2 Å². The predicted molar refractivity (Wildman–Crippen MR) is 99.6 cm³/mol. The number of carbonyl (C=O) groups is 2. The summed E-state index contributed by atoms with van der Waals surface area (Å²) >= 11 is 0. The van der Waals surface area contributed by atoms with Crippen molar-refractivity contribution < 1.29 is 22.7 Å². The third kappa shape index (κ3) is 4.60. The Morgan fingerprint density at radius 2 is 1.62 bits per heavy atom. The highest BCUT2D eigenvalue weighted by Gasteiger charge is 2.29. The van der Waals surface area contributed by atoms with E-state index in [1.54, 1.807) is 42.5 Å². The molecule has 0 unspecified atom stereocenters. The highest BCUT2D eigenvalue weighted by atomic mass is 32.2. The molecule has 0 radical (unpaired) electrons. The maximum absolute atomic E-state index is 12.5. The summed E-state index contributed by atoms with van der Waals surface area (Å²) in [4.78, 5) is 24.0. The number of methoxy groups -OCH3 is 1. The average molecular weight is 376 g/mol. The molecule has 1 N–H and O–H groups in total. The van der Waals surface area contributed by atoms with E-state index in [0.717, 1.165) is 10.6 Å². The largest absolute Gasteiger partial charge is 0.465 e. The Bertz CT molecular complexity index is 880. The van der Waals surface area contributed by atoms with Gasteiger partial charge in [-0.25, -0.2) is 13.2 Å². The number of nitrogens with one attached hydrogen (secondary N) is 1. The normalized spacial score (nSPS) is 12.1. The van der Waals surface area contributed by atoms with Gasteiger partial charge in [-0.2, -0.15) is 0 Å². The van der Waals surface area contributed by atoms with E-state index in [1.165, 1.54) is 26.2 Å². The maximum atomic E-state index is 12.5. The van der Waals surface area contributed by atoms with Crippen LogP contribution < -0.4 is 9.62 Å². The number of para-hydroxylation sites is 1. The summed E-state index contributed by atoms with van der Waals surface area (Å²) in [5, 5.41) is 2.65. The van der Waals surface area contributed by atoms with Crippen molar-refractivity contribution in [2.75, 3.05) is 23.0 Å². The molecule has 0 aromatic heterocycles. The number of carbonyl (C=O) groups excluding carboxylic acids is 2. The van der Waals surface area contributed by atoms with E-state index < -0.39 is 27.9 Å². The van der Waals surface area contributed by atoms with Crippen LogP contribution >= 0.6 is 0 Å². The first kappa shape index (κ1) is 19.5. The smallest absolute Gasteiger partial charge is 0.337 e. The molecule has 1 atom stereocenters. The van der Waals surface area contributed by atoms with Crippen molar-refractivity contribution in [3.05, 3.63) is 60.2 Å². The van der Waals surface area contributed by atoms with Crippen molar-refractivity contribution in [2.45, 2.75) is 13.0 Å². The number of sulfonamides is 1. The summed E-state index contributed by atoms with van der Waals surface area (Å²) in [6.07, 6.45) is 1.05. The number of nitrogens with zero attached hydrogens (tertiary/aromatic N) is 1. The Kier molecular flexibility index (Phi) is 5.99.